The number of halogens is 1. The Labute approximate surface area is 180 Å². The van der Waals surface area contributed by atoms with Gasteiger partial charge in [0.25, 0.3) is 5.91 Å². The third kappa shape index (κ3) is 4.45. The van der Waals surface area contributed by atoms with Crippen molar-refractivity contribution in [3.8, 4) is 0 Å². The van der Waals surface area contributed by atoms with E-state index in [2.05, 4.69) is 10.6 Å². The van der Waals surface area contributed by atoms with Gasteiger partial charge >= 0.3 is 0 Å². The molecule has 1 aliphatic heterocycles. The summed E-state index contributed by atoms with van der Waals surface area (Å²) >= 11 is 0. The Morgan fingerprint density at radius 2 is 1.74 bits per heavy atom. The van der Waals surface area contributed by atoms with Crippen LogP contribution in [0.15, 0.2) is 48.5 Å². The minimum absolute atomic E-state index is 0.0155. The molecule has 2 aromatic carbocycles. The van der Waals surface area contributed by atoms with Crippen LogP contribution in [0.25, 0.3) is 0 Å². The first-order valence-electron chi connectivity index (χ1n) is 10.7. The Balaban J connectivity index is 1.60. The number of benzene rings is 2. The summed E-state index contributed by atoms with van der Waals surface area (Å²) in [5.41, 5.74) is 0.921. The summed E-state index contributed by atoms with van der Waals surface area (Å²) in [4.78, 5) is 39.6. The average molecular weight is 423 g/mol. The lowest BCUT2D eigenvalue weighted by atomic mass is 9.84. The van der Waals surface area contributed by atoms with Crippen molar-refractivity contribution in [1.82, 2.24) is 4.90 Å². The van der Waals surface area contributed by atoms with Gasteiger partial charge in [-0.1, -0.05) is 31.0 Å². The van der Waals surface area contributed by atoms with E-state index in [0.29, 0.717) is 17.7 Å². The molecule has 3 amide bonds. The van der Waals surface area contributed by atoms with Gasteiger partial charge in [0, 0.05) is 24.2 Å². The third-order valence-corrected chi connectivity index (χ3v) is 6.19. The van der Waals surface area contributed by atoms with Crippen molar-refractivity contribution in [2.24, 2.45) is 5.92 Å². The molecule has 7 heteroatoms. The lowest BCUT2D eigenvalue weighted by Crippen LogP contribution is -2.47. The highest BCUT2D eigenvalue weighted by Gasteiger charge is 2.47. The normalized spacial score (nSPS) is 22.5. The number of carbonyl (C=O) groups excluding carboxylic acids is 3. The second-order valence-corrected chi connectivity index (χ2v) is 8.31. The number of amides is 3. The molecule has 3 unspecified atom stereocenters. The summed E-state index contributed by atoms with van der Waals surface area (Å²) in [6.07, 6.45) is 4.55. The standard InChI is InChI=1S/C24H26FN3O3/c1-15(29)26-18-11-12-19(25)20(14-18)27-23(30)22-13-17-9-5-6-10-21(17)28(22)24(31)16-7-3-2-4-8-16/h2-4,7-8,11-12,14,17,21-22H,5-6,9-10,13H2,1H3,(H,26,29)(H,27,30). The molecular weight excluding hydrogens is 397 g/mol. The van der Waals surface area contributed by atoms with E-state index >= 15 is 0 Å². The first-order valence-corrected chi connectivity index (χ1v) is 10.7. The van der Waals surface area contributed by atoms with Crippen molar-refractivity contribution in [2.75, 3.05) is 10.6 Å². The Bertz CT molecular complexity index is 995. The highest BCUT2D eigenvalue weighted by atomic mass is 19.1. The van der Waals surface area contributed by atoms with Gasteiger partial charge in [-0.15, -0.1) is 0 Å². The lowest BCUT2D eigenvalue weighted by molar-refractivity contribution is -0.120. The van der Waals surface area contributed by atoms with E-state index in [4.69, 9.17) is 0 Å². The van der Waals surface area contributed by atoms with Crippen LogP contribution in [0.1, 0.15) is 49.4 Å². The zero-order valence-corrected chi connectivity index (χ0v) is 17.4. The Kier molecular flexibility index (Phi) is 6.02. The van der Waals surface area contributed by atoms with Crippen molar-refractivity contribution in [3.63, 3.8) is 0 Å². The Morgan fingerprint density at radius 3 is 2.48 bits per heavy atom. The van der Waals surface area contributed by atoms with Crippen molar-refractivity contribution >= 4 is 29.1 Å². The molecule has 162 valence electrons. The minimum Gasteiger partial charge on any atom is -0.326 e. The second-order valence-electron chi connectivity index (χ2n) is 8.31. The predicted molar refractivity (Wildman–Crippen MR) is 116 cm³/mol. The maximum atomic E-state index is 14.4. The molecule has 0 aromatic heterocycles. The largest absolute Gasteiger partial charge is 0.326 e. The predicted octanol–water partition coefficient (Wildman–Crippen LogP) is 4.20. The van der Waals surface area contributed by atoms with Crippen LogP contribution in [0.5, 0.6) is 0 Å². The number of hydrogen-bond donors (Lipinski definition) is 2. The average Bonchev–Trinajstić information content (AvgIpc) is 3.15. The number of anilines is 2. The Hall–Kier alpha value is -3.22. The second kappa shape index (κ2) is 8.88. The van der Waals surface area contributed by atoms with Gasteiger partial charge in [0.2, 0.25) is 11.8 Å². The zero-order chi connectivity index (χ0) is 22.0. The number of nitrogens with one attached hydrogen (secondary N) is 2. The fourth-order valence-electron chi connectivity index (χ4n) is 4.83. The van der Waals surface area contributed by atoms with Crippen LogP contribution in [0, 0.1) is 11.7 Å². The smallest absolute Gasteiger partial charge is 0.254 e. The molecule has 2 fully saturated rings. The fourth-order valence-corrected chi connectivity index (χ4v) is 4.83. The van der Waals surface area contributed by atoms with E-state index in [1.807, 2.05) is 6.07 Å². The molecule has 3 atom stereocenters. The number of fused-ring (bicyclic) bond motifs is 1. The molecule has 0 spiro atoms. The van der Waals surface area contributed by atoms with Crippen LogP contribution in [-0.4, -0.2) is 34.7 Å². The number of rotatable bonds is 4. The van der Waals surface area contributed by atoms with E-state index in [9.17, 15) is 18.8 Å². The quantitative estimate of drug-likeness (QED) is 0.774. The molecule has 2 N–H and O–H groups in total. The van der Waals surface area contributed by atoms with Gasteiger partial charge in [0.15, 0.2) is 0 Å². The summed E-state index contributed by atoms with van der Waals surface area (Å²) in [5.74, 6) is -1.19. The van der Waals surface area contributed by atoms with Crippen LogP contribution in [0.3, 0.4) is 0 Å². The highest BCUT2D eigenvalue weighted by Crippen LogP contribution is 2.41. The molecule has 1 saturated carbocycles. The number of nitrogens with zero attached hydrogens (tertiary/aromatic N) is 1. The topological polar surface area (TPSA) is 78.5 Å². The van der Waals surface area contributed by atoms with Crippen molar-refractivity contribution in [2.45, 2.75) is 51.1 Å². The van der Waals surface area contributed by atoms with Gasteiger partial charge in [-0.05, 0) is 55.5 Å². The van der Waals surface area contributed by atoms with E-state index < -0.39 is 17.8 Å². The SMILES string of the molecule is CC(=O)Nc1ccc(F)c(NC(=O)C2CC3CCCCC3N2C(=O)c2ccccc2)c1. The molecule has 31 heavy (non-hydrogen) atoms. The molecule has 1 heterocycles. The van der Waals surface area contributed by atoms with Gasteiger partial charge < -0.3 is 15.5 Å². The van der Waals surface area contributed by atoms with E-state index in [1.54, 1.807) is 29.2 Å². The summed E-state index contributed by atoms with van der Waals surface area (Å²) in [5, 5.41) is 5.24. The molecule has 0 bridgehead atoms. The monoisotopic (exact) mass is 423 g/mol. The van der Waals surface area contributed by atoms with Crippen molar-refractivity contribution in [3.05, 3.63) is 59.9 Å². The zero-order valence-electron chi connectivity index (χ0n) is 17.4. The van der Waals surface area contributed by atoms with Crippen LogP contribution in [0.2, 0.25) is 0 Å². The summed E-state index contributed by atoms with van der Waals surface area (Å²) in [7, 11) is 0. The fraction of sp³-hybridized carbons (Fsp3) is 0.375. The third-order valence-electron chi connectivity index (χ3n) is 6.19. The van der Waals surface area contributed by atoms with E-state index in [1.165, 1.54) is 25.1 Å². The Morgan fingerprint density at radius 1 is 1.00 bits per heavy atom. The maximum absolute atomic E-state index is 14.4. The molecular formula is C24H26FN3O3. The van der Waals surface area contributed by atoms with Crippen molar-refractivity contribution in [1.29, 1.82) is 0 Å². The molecule has 4 rings (SSSR count). The van der Waals surface area contributed by atoms with Gasteiger partial charge in [-0.3, -0.25) is 14.4 Å². The first-order chi connectivity index (χ1) is 14.9. The molecule has 2 aromatic rings. The minimum atomic E-state index is -0.662. The summed E-state index contributed by atoms with van der Waals surface area (Å²) < 4.78 is 14.4. The molecule has 2 aliphatic rings. The first kappa shape index (κ1) is 21.0. The van der Waals surface area contributed by atoms with E-state index in [0.717, 1.165) is 25.7 Å². The van der Waals surface area contributed by atoms with Crippen LogP contribution >= 0.6 is 0 Å². The van der Waals surface area contributed by atoms with Gasteiger partial charge in [-0.2, -0.15) is 0 Å². The van der Waals surface area contributed by atoms with Gasteiger partial charge in [0.05, 0.1) is 5.69 Å². The van der Waals surface area contributed by atoms with Crippen LogP contribution in [-0.2, 0) is 9.59 Å². The summed E-state index contributed by atoms with van der Waals surface area (Å²) in [6.45, 7) is 1.36. The molecule has 0 radical (unpaired) electrons. The van der Waals surface area contributed by atoms with Crippen LogP contribution in [0.4, 0.5) is 15.8 Å². The molecule has 6 nitrogen and oxygen atoms in total. The molecule has 1 saturated heterocycles. The summed E-state index contributed by atoms with van der Waals surface area (Å²) in [6, 6.07) is 12.3. The lowest BCUT2D eigenvalue weighted by Gasteiger charge is -2.33. The van der Waals surface area contributed by atoms with Gasteiger partial charge in [-0.25, -0.2) is 4.39 Å². The maximum Gasteiger partial charge on any atom is 0.254 e. The van der Waals surface area contributed by atoms with Crippen molar-refractivity contribution < 1.29 is 18.8 Å². The number of hydrogen-bond acceptors (Lipinski definition) is 3. The van der Waals surface area contributed by atoms with Crippen LogP contribution < -0.4 is 10.6 Å². The number of carbonyl (C=O) groups is 3. The number of likely N-dealkylation sites (tertiary alicyclic amines) is 1. The van der Waals surface area contributed by atoms with Gasteiger partial charge in [0.1, 0.15) is 11.9 Å². The highest BCUT2D eigenvalue weighted by molar-refractivity contribution is 6.02. The molecule has 1 aliphatic carbocycles. The van der Waals surface area contributed by atoms with E-state index in [-0.39, 0.29) is 29.5 Å².